The molecule has 2 aliphatic rings. The van der Waals surface area contributed by atoms with Crippen molar-refractivity contribution in [2.24, 2.45) is 11.7 Å². The summed E-state index contributed by atoms with van der Waals surface area (Å²) >= 11 is 6.03. The van der Waals surface area contributed by atoms with E-state index in [0.29, 0.717) is 37.4 Å². The topological polar surface area (TPSA) is 117 Å². The molecule has 11 heteroatoms. The van der Waals surface area contributed by atoms with E-state index >= 15 is 0 Å². The second-order valence-corrected chi connectivity index (χ2v) is 13.3. The Hall–Kier alpha value is -2.11. The number of pyridine rings is 1. The fraction of sp³-hybridized carbons (Fsp3) is 0.556. The first-order valence-corrected chi connectivity index (χ1v) is 15.1. The molecule has 208 valence electrons. The molecule has 8 nitrogen and oxygen atoms in total. The van der Waals surface area contributed by atoms with E-state index in [9.17, 15) is 17.6 Å². The minimum atomic E-state index is -3.40. The Morgan fingerprint density at radius 1 is 1.24 bits per heavy atom. The summed E-state index contributed by atoms with van der Waals surface area (Å²) in [6.07, 6.45) is 4.54. The second-order valence-electron chi connectivity index (χ2n) is 10.8. The van der Waals surface area contributed by atoms with Gasteiger partial charge in [-0.1, -0.05) is 37.6 Å². The summed E-state index contributed by atoms with van der Waals surface area (Å²) in [4.78, 5) is 17.2. The maximum absolute atomic E-state index is 15.0. The minimum Gasteiger partial charge on any atom is -0.323 e. The number of piperazine rings is 1. The Bertz CT molecular complexity index is 1240. The van der Waals surface area contributed by atoms with Crippen LogP contribution in [0.25, 0.3) is 0 Å². The number of hydrogen-bond acceptors (Lipinski definition) is 6. The highest BCUT2D eigenvalue weighted by Crippen LogP contribution is 2.35. The predicted molar refractivity (Wildman–Crippen MR) is 148 cm³/mol. The summed E-state index contributed by atoms with van der Waals surface area (Å²) in [5, 5.41) is 6.37. The van der Waals surface area contributed by atoms with Gasteiger partial charge < -0.3 is 16.4 Å². The molecule has 1 saturated carbocycles. The highest BCUT2D eigenvalue weighted by atomic mass is 35.5. The normalized spacial score (nSPS) is 22.3. The molecule has 1 aromatic heterocycles. The first kappa shape index (κ1) is 28.9. The minimum absolute atomic E-state index is 0.0576. The van der Waals surface area contributed by atoms with Gasteiger partial charge in [0.15, 0.2) is 0 Å². The number of anilines is 1. The van der Waals surface area contributed by atoms with Gasteiger partial charge in [0.25, 0.3) is 0 Å². The fourth-order valence-electron chi connectivity index (χ4n) is 5.43. The monoisotopic (exact) mass is 565 g/mol. The number of carbonyl (C=O) groups is 1. The Kier molecular flexibility index (Phi) is 9.09. The molecule has 2 aromatic rings. The van der Waals surface area contributed by atoms with Crippen molar-refractivity contribution in [3.63, 3.8) is 0 Å². The van der Waals surface area contributed by atoms with Crippen LogP contribution >= 0.6 is 11.6 Å². The molecule has 4 unspecified atom stereocenters. The van der Waals surface area contributed by atoms with Crippen molar-refractivity contribution in [1.29, 1.82) is 0 Å². The van der Waals surface area contributed by atoms with Crippen LogP contribution in [0.3, 0.4) is 0 Å². The van der Waals surface area contributed by atoms with Gasteiger partial charge >= 0.3 is 0 Å². The summed E-state index contributed by atoms with van der Waals surface area (Å²) < 4.78 is 42.9. The predicted octanol–water partition coefficient (Wildman–Crippen LogP) is 3.67. The van der Waals surface area contributed by atoms with Gasteiger partial charge in [-0.05, 0) is 56.2 Å². The molecule has 4 rings (SSSR count). The molecule has 0 radical (unpaired) electrons. The number of aromatic nitrogens is 1. The Balaban J connectivity index is 1.51. The average molecular weight is 566 g/mol. The van der Waals surface area contributed by atoms with Crippen molar-refractivity contribution in [3.8, 4) is 0 Å². The molecule has 1 aliphatic carbocycles. The molecule has 38 heavy (non-hydrogen) atoms. The number of nitrogens with one attached hydrogen (secondary N) is 2. The van der Waals surface area contributed by atoms with E-state index in [0.717, 1.165) is 11.8 Å². The van der Waals surface area contributed by atoms with E-state index in [1.54, 1.807) is 16.4 Å². The molecule has 1 aromatic carbocycles. The van der Waals surface area contributed by atoms with Gasteiger partial charge in [0.2, 0.25) is 15.9 Å². The lowest BCUT2D eigenvalue weighted by molar-refractivity contribution is -0.118. The van der Waals surface area contributed by atoms with Crippen LogP contribution in [-0.2, 0) is 21.2 Å². The van der Waals surface area contributed by atoms with E-state index in [1.807, 2.05) is 32.9 Å². The van der Waals surface area contributed by atoms with Crippen molar-refractivity contribution in [2.45, 2.75) is 75.7 Å². The van der Waals surface area contributed by atoms with Crippen LogP contribution in [-0.4, -0.2) is 60.1 Å². The van der Waals surface area contributed by atoms with E-state index in [-0.39, 0.29) is 46.8 Å². The highest BCUT2D eigenvalue weighted by molar-refractivity contribution is 7.90. The Labute approximate surface area is 229 Å². The Morgan fingerprint density at radius 3 is 2.55 bits per heavy atom. The van der Waals surface area contributed by atoms with E-state index in [1.165, 1.54) is 6.20 Å². The fourth-order valence-corrected chi connectivity index (χ4v) is 7.80. The molecule has 0 spiro atoms. The summed E-state index contributed by atoms with van der Waals surface area (Å²) in [5.74, 6) is -1.23. The van der Waals surface area contributed by atoms with Crippen LogP contribution in [0.2, 0.25) is 5.02 Å². The maximum Gasteiger partial charge on any atom is 0.241 e. The van der Waals surface area contributed by atoms with Crippen molar-refractivity contribution in [2.75, 3.05) is 18.4 Å². The zero-order chi connectivity index (χ0) is 27.6. The van der Waals surface area contributed by atoms with E-state index in [4.69, 9.17) is 17.3 Å². The molecular formula is C27H37ClFN5O3S. The van der Waals surface area contributed by atoms with Crippen molar-refractivity contribution in [1.82, 2.24) is 14.6 Å². The Morgan fingerprint density at radius 2 is 1.92 bits per heavy atom. The first-order chi connectivity index (χ1) is 18.0. The van der Waals surface area contributed by atoms with Gasteiger partial charge in [0.1, 0.15) is 5.82 Å². The number of benzene rings is 1. The van der Waals surface area contributed by atoms with Crippen molar-refractivity contribution in [3.05, 3.63) is 58.6 Å². The van der Waals surface area contributed by atoms with E-state index in [2.05, 4.69) is 15.6 Å². The summed E-state index contributed by atoms with van der Waals surface area (Å²) in [7, 11) is -3.40. The number of hydrogen-bond donors (Lipinski definition) is 3. The van der Waals surface area contributed by atoms with E-state index < -0.39 is 27.8 Å². The zero-order valence-corrected chi connectivity index (χ0v) is 23.6. The quantitative estimate of drug-likeness (QED) is 0.405. The summed E-state index contributed by atoms with van der Waals surface area (Å²) in [6, 6.07) is 5.86. The molecule has 1 saturated heterocycles. The van der Waals surface area contributed by atoms with Crippen LogP contribution in [0.5, 0.6) is 0 Å². The lowest BCUT2D eigenvalue weighted by Crippen LogP contribution is -2.59. The lowest BCUT2D eigenvalue weighted by atomic mass is 9.82. The van der Waals surface area contributed by atoms with Crippen LogP contribution in [0.1, 0.15) is 57.1 Å². The van der Waals surface area contributed by atoms with Gasteiger partial charge in [-0.25, -0.2) is 12.8 Å². The van der Waals surface area contributed by atoms with Crippen LogP contribution in [0, 0.1) is 11.7 Å². The number of halogens is 2. The molecule has 4 atom stereocenters. The maximum atomic E-state index is 15.0. The summed E-state index contributed by atoms with van der Waals surface area (Å²) in [6.45, 7) is 6.94. The van der Waals surface area contributed by atoms with Gasteiger partial charge in [-0.3, -0.25) is 9.78 Å². The first-order valence-electron chi connectivity index (χ1n) is 13.2. The zero-order valence-electron chi connectivity index (χ0n) is 22.0. The third-order valence-electron chi connectivity index (χ3n) is 7.51. The molecular weight excluding hydrogens is 529 g/mol. The SMILES string of the molecule is CC(C)C(c1ccc(Cl)cc1)C(N)C(=O)Nc1cncc(F)c1CCC1CNCC(C)N1S(=O)(=O)C1CC1. The number of rotatable bonds is 10. The number of nitrogens with zero attached hydrogens (tertiary/aromatic N) is 2. The largest absolute Gasteiger partial charge is 0.323 e. The van der Waals surface area contributed by atoms with Gasteiger partial charge in [0.05, 0.1) is 29.4 Å². The van der Waals surface area contributed by atoms with Crippen LogP contribution in [0.15, 0.2) is 36.7 Å². The van der Waals surface area contributed by atoms with Crippen LogP contribution in [0.4, 0.5) is 10.1 Å². The van der Waals surface area contributed by atoms with Crippen LogP contribution < -0.4 is 16.4 Å². The molecule has 2 fully saturated rings. The summed E-state index contributed by atoms with van der Waals surface area (Å²) in [5.41, 5.74) is 7.86. The van der Waals surface area contributed by atoms with Crippen molar-refractivity contribution >= 4 is 33.2 Å². The van der Waals surface area contributed by atoms with Gasteiger partial charge in [0, 0.05) is 41.7 Å². The standard InChI is InChI=1S/C27H37ClFN5O3S/c1-16(2)25(18-4-6-19(28)7-5-18)26(30)27(35)33-24-15-32-14-23(29)22(24)11-8-20-13-31-12-17(3)34(20)38(36,37)21-9-10-21/h4-7,14-17,20-21,25-26,31H,8-13,30H2,1-3H3,(H,33,35). The van der Waals surface area contributed by atoms with Gasteiger partial charge in [-0.15, -0.1) is 0 Å². The number of amides is 1. The molecule has 1 aliphatic heterocycles. The molecule has 2 heterocycles. The second kappa shape index (κ2) is 12.0. The third kappa shape index (κ3) is 6.37. The number of nitrogens with two attached hydrogens (primary N) is 1. The average Bonchev–Trinajstić information content (AvgIpc) is 3.71. The highest BCUT2D eigenvalue weighted by Gasteiger charge is 2.45. The number of carbonyl (C=O) groups excluding carboxylic acids is 1. The molecule has 4 N–H and O–H groups in total. The number of sulfonamides is 1. The van der Waals surface area contributed by atoms with Crippen molar-refractivity contribution < 1.29 is 17.6 Å². The smallest absolute Gasteiger partial charge is 0.241 e. The molecule has 1 amide bonds. The van der Waals surface area contributed by atoms with Gasteiger partial charge in [-0.2, -0.15) is 4.31 Å². The molecule has 0 bridgehead atoms. The lowest BCUT2D eigenvalue weighted by Gasteiger charge is -2.40. The third-order valence-corrected chi connectivity index (χ3v) is 10.3.